The molecule has 7 heteroatoms. The molecule has 4 N–H and O–H groups in total. The third-order valence-electron chi connectivity index (χ3n) is 3.34. The molecule has 0 radical (unpaired) electrons. The fourth-order valence-corrected chi connectivity index (χ4v) is 2.22. The van der Waals surface area contributed by atoms with Crippen LogP contribution in [0.5, 0.6) is 11.5 Å². The maximum atomic E-state index is 11.9. The third kappa shape index (κ3) is 2.98. The van der Waals surface area contributed by atoms with Crippen LogP contribution in [0.1, 0.15) is 21.5 Å². The minimum atomic E-state index is -1.38. The molecule has 23 heavy (non-hydrogen) atoms. The predicted octanol–water partition coefficient (Wildman–Crippen LogP) is 1.72. The molecule has 0 atom stereocenters. The van der Waals surface area contributed by atoms with Gasteiger partial charge < -0.3 is 20.4 Å². The fourth-order valence-electron chi connectivity index (χ4n) is 2.22. The second-order valence-electron chi connectivity index (χ2n) is 4.83. The molecule has 7 nitrogen and oxygen atoms in total. The van der Waals surface area contributed by atoms with Crippen LogP contribution < -0.4 is 5.43 Å². The predicted molar refractivity (Wildman–Crippen MR) is 81.9 cm³/mol. The van der Waals surface area contributed by atoms with Crippen molar-refractivity contribution in [1.29, 1.82) is 0 Å². The van der Waals surface area contributed by atoms with Crippen LogP contribution in [0.2, 0.25) is 0 Å². The number of carboxylic acid groups (broad SMARTS) is 2. The molecule has 0 aliphatic rings. The van der Waals surface area contributed by atoms with Crippen molar-refractivity contribution in [2.75, 3.05) is 0 Å². The minimum Gasteiger partial charge on any atom is -0.508 e. The normalized spacial score (nSPS) is 11.0. The van der Waals surface area contributed by atoms with Crippen molar-refractivity contribution in [3.05, 3.63) is 51.2 Å². The van der Waals surface area contributed by atoms with Gasteiger partial charge in [0.25, 0.3) is 0 Å². The van der Waals surface area contributed by atoms with E-state index in [0.717, 1.165) is 24.3 Å². The van der Waals surface area contributed by atoms with Gasteiger partial charge in [0.05, 0.1) is 5.56 Å². The molecule has 0 aliphatic heterocycles. The van der Waals surface area contributed by atoms with Gasteiger partial charge in [0, 0.05) is 23.1 Å². The van der Waals surface area contributed by atoms with Crippen LogP contribution in [-0.4, -0.2) is 32.4 Å². The molecule has 0 bridgehead atoms. The van der Waals surface area contributed by atoms with Gasteiger partial charge in [0.2, 0.25) is 5.43 Å². The van der Waals surface area contributed by atoms with Gasteiger partial charge in [-0.05, 0) is 36.1 Å². The van der Waals surface area contributed by atoms with Gasteiger partial charge in [0.1, 0.15) is 5.75 Å². The van der Waals surface area contributed by atoms with Crippen LogP contribution in [0.3, 0.4) is 0 Å². The number of fused-ring (bicyclic) bond motifs is 1. The van der Waals surface area contributed by atoms with E-state index in [2.05, 4.69) is 0 Å². The van der Waals surface area contributed by atoms with E-state index in [-0.39, 0.29) is 33.2 Å². The Labute approximate surface area is 129 Å². The van der Waals surface area contributed by atoms with E-state index >= 15 is 0 Å². The first-order valence-corrected chi connectivity index (χ1v) is 6.40. The lowest BCUT2D eigenvalue weighted by Gasteiger charge is -2.07. The standard InChI is InChI=1S/C16H12O7/c1-7-11(17)5-8(2-3-13(19)20)10-4-9(16(22)23)6-12(18)15(21)14(7)10/h2-6,17H,1H3,(H,18,21)(H,19,20)(H,22,23)/b3-2+. The second kappa shape index (κ2) is 5.80. The molecule has 2 aromatic carbocycles. The smallest absolute Gasteiger partial charge is 0.335 e. The summed E-state index contributed by atoms with van der Waals surface area (Å²) < 4.78 is 0. The Kier molecular flexibility index (Phi) is 4.04. The molecular weight excluding hydrogens is 304 g/mol. The molecule has 2 aromatic rings. The van der Waals surface area contributed by atoms with Crippen molar-refractivity contribution in [3.63, 3.8) is 0 Å². The molecule has 0 spiro atoms. The van der Waals surface area contributed by atoms with E-state index in [1.54, 1.807) is 0 Å². The fraction of sp³-hybridized carbons (Fsp3) is 0.0625. The van der Waals surface area contributed by atoms with Gasteiger partial charge in [-0.3, -0.25) is 4.79 Å². The number of hydrogen-bond donors (Lipinski definition) is 4. The van der Waals surface area contributed by atoms with Crippen molar-refractivity contribution < 1.29 is 30.0 Å². The summed E-state index contributed by atoms with van der Waals surface area (Å²) in [6.07, 6.45) is 1.94. The van der Waals surface area contributed by atoms with Crippen LogP contribution in [0.15, 0.2) is 29.1 Å². The lowest BCUT2D eigenvalue weighted by atomic mass is 9.99. The van der Waals surface area contributed by atoms with Crippen LogP contribution in [-0.2, 0) is 4.79 Å². The van der Waals surface area contributed by atoms with Gasteiger partial charge in [-0.1, -0.05) is 0 Å². The first-order valence-electron chi connectivity index (χ1n) is 6.40. The van der Waals surface area contributed by atoms with Crippen LogP contribution in [0, 0.1) is 6.92 Å². The minimum absolute atomic E-state index is 0.0347. The average molecular weight is 316 g/mol. The van der Waals surface area contributed by atoms with Gasteiger partial charge in [-0.15, -0.1) is 0 Å². The van der Waals surface area contributed by atoms with E-state index in [1.807, 2.05) is 0 Å². The molecule has 0 unspecified atom stereocenters. The molecule has 0 aromatic heterocycles. The first-order chi connectivity index (χ1) is 10.7. The number of aryl methyl sites for hydroxylation is 1. The van der Waals surface area contributed by atoms with Crippen LogP contribution >= 0.6 is 0 Å². The van der Waals surface area contributed by atoms with Crippen molar-refractivity contribution in [2.24, 2.45) is 0 Å². The summed E-state index contributed by atoms with van der Waals surface area (Å²) >= 11 is 0. The molecule has 0 fully saturated rings. The lowest BCUT2D eigenvalue weighted by Crippen LogP contribution is -2.00. The molecule has 0 saturated heterocycles. The summed E-state index contributed by atoms with van der Waals surface area (Å²) in [7, 11) is 0. The number of aliphatic carboxylic acids is 1. The monoisotopic (exact) mass is 316 g/mol. The SMILES string of the molecule is Cc1c(O)cc(/C=C/C(=O)O)c2cc(C(=O)O)cc(=O)c(O)c12. The number of aromatic hydroxyl groups is 2. The number of hydrogen-bond acceptors (Lipinski definition) is 5. The highest BCUT2D eigenvalue weighted by Gasteiger charge is 2.15. The summed E-state index contributed by atoms with van der Waals surface area (Å²) in [6, 6.07) is 3.14. The number of phenols is 1. The van der Waals surface area contributed by atoms with Crippen LogP contribution in [0.25, 0.3) is 16.8 Å². The Morgan fingerprint density at radius 2 is 1.74 bits per heavy atom. The topological polar surface area (TPSA) is 132 Å². The quantitative estimate of drug-likeness (QED) is 0.634. The van der Waals surface area contributed by atoms with E-state index in [9.17, 15) is 24.6 Å². The van der Waals surface area contributed by atoms with Gasteiger partial charge >= 0.3 is 11.9 Å². The van der Waals surface area contributed by atoms with Gasteiger partial charge in [-0.25, -0.2) is 9.59 Å². The number of carboxylic acids is 2. The lowest BCUT2D eigenvalue weighted by molar-refractivity contribution is -0.131. The third-order valence-corrected chi connectivity index (χ3v) is 3.34. The average Bonchev–Trinajstić information content (AvgIpc) is 2.59. The summed E-state index contributed by atoms with van der Waals surface area (Å²) in [4.78, 5) is 33.8. The first kappa shape index (κ1) is 16.0. The Hall–Kier alpha value is -3.35. The van der Waals surface area contributed by atoms with Crippen molar-refractivity contribution in [1.82, 2.24) is 0 Å². The molecule has 2 rings (SSSR count). The number of phenolic OH excluding ortho intramolecular Hbond substituents is 1. The summed E-state index contributed by atoms with van der Waals surface area (Å²) in [6.45, 7) is 1.45. The zero-order valence-electron chi connectivity index (χ0n) is 11.9. The maximum Gasteiger partial charge on any atom is 0.335 e. The van der Waals surface area contributed by atoms with Crippen molar-refractivity contribution in [2.45, 2.75) is 6.92 Å². The Morgan fingerprint density at radius 3 is 2.30 bits per heavy atom. The Morgan fingerprint density at radius 1 is 1.09 bits per heavy atom. The van der Waals surface area contributed by atoms with Crippen LogP contribution in [0.4, 0.5) is 0 Å². The number of rotatable bonds is 3. The highest BCUT2D eigenvalue weighted by molar-refractivity contribution is 6.02. The Balaban J connectivity index is 3.08. The van der Waals surface area contributed by atoms with E-state index in [4.69, 9.17) is 10.2 Å². The summed E-state index contributed by atoms with van der Waals surface area (Å²) in [5, 5.41) is 37.9. The summed E-state index contributed by atoms with van der Waals surface area (Å²) in [5.74, 6) is -3.60. The van der Waals surface area contributed by atoms with E-state index in [0.29, 0.717) is 0 Å². The molecule has 0 aliphatic carbocycles. The number of aromatic carboxylic acids is 1. The van der Waals surface area contributed by atoms with Gasteiger partial charge in [-0.2, -0.15) is 0 Å². The maximum absolute atomic E-state index is 11.9. The molecular formula is C16H12O7. The molecule has 118 valence electrons. The zero-order valence-corrected chi connectivity index (χ0v) is 11.9. The van der Waals surface area contributed by atoms with Crippen molar-refractivity contribution >= 4 is 28.8 Å². The van der Waals surface area contributed by atoms with Gasteiger partial charge in [0.15, 0.2) is 5.75 Å². The van der Waals surface area contributed by atoms with E-state index < -0.39 is 23.1 Å². The second-order valence-corrected chi connectivity index (χ2v) is 4.83. The Bertz CT molecular complexity index is 926. The highest BCUT2D eigenvalue weighted by Crippen LogP contribution is 2.34. The number of benzene rings is 1. The largest absolute Gasteiger partial charge is 0.508 e. The van der Waals surface area contributed by atoms with Crippen molar-refractivity contribution in [3.8, 4) is 11.5 Å². The zero-order chi connectivity index (χ0) is 17.3. The number of carbonyl (C=O) groups is 2. The molecule has 0 heterocycles. The summed E-state index contributed by atoms with van der Waals surface area (Å²) in [5.41, 5.74) is -0.955. The molecule has 0 saturated carbocycles. The highest BCUT2D eigenvalue weighted by atomic mass is 16.4. The molecule has 0 amide bonds. The van der Waals surface area contributed by atoms with E-state index in [1.165, 1.54) is 13.0 Å².